The average molecular weight is 310 g/mol. The van der Waals surface area contributed by atoms with E-state index < -0.39 is 16.9 Å². The first-order valence-corrected chi connectivity index (χ1v) is 6.65. The van der Waals surface area contributed by atoms with Gasteiger partial charge in [-0.15, -0.1) is 11.3 Å². The molecule has 106 valence electrons. The molecule has 3 rings (SSSR count). The van der Waals surface area contributed by atoms with Crippen molar-refractivity contribution in [1.29, 1.82) is 5.26 Å². The maximum atomic E-state index is 13.5. The van der Waals surface area contributed by atoms with Crippen LogP contribution in [0.2, 0.25) is 0 Å². The third-order valence-electron chi connectivity index (χ3n) is 3.10. The van der Waals surface area contributed by atoms with Gasteiger partial charge < -0.3 is 4.98 Å². The molecule has 21 heavy (non-hydrogen) atoms. The number of benzene rings is 1. The van der Waals surface area contributed by atoms with Gasteiger partial charge in [0.15, 0.2) is 0 Å². The van der Waals surface area contributed by atoms with Gasteiger partial charge in [0, 0.05) is 28.2 Å². The standard InChI is InChI=1S/C14H6F4N2S/c15-11-4-12-9(3-7(11)5-19)10(6-20-12)8-1-2-21-13(8)14(16,17)18/h1-4,6,20H. The van der Waals surface area contributed by atoms with Gasteiger partial charge >= 0.3 is 6.18 Å². The predicted molar refractivity (Wildman–Crippen MR) is 71.3 cm³/mol. The summed E-state index contributed by atoms with van der Waals surface area (Å²) in [4.78, 5) is 2.02. The van der Waals surface area contributed by atoms with E-state index in [2.05, 4.69) is 4.98 Å². The van der Waals surface area contributed by atoms with Crippen LogP contribution in [0.4, 0.5) is 17.6 Å². The molecule has 0 radical (unpaired) electrons. The normalized spacial score (nSPS) is 11.8. The number of halogens is 4. The summed E-state index contributed by atoms with van der Waals surface area (Å²) in [6.45, 7) is 0. The molecule has 0 amide bonds. The molecule has 1 N–H and O–H groups in total. The van der Waals surface area contributed by atoms with Crippen molar-refractivity contribution in [1.82, 2.24) is 4.98 Å². The van der Waals surface area contributed by atoms with E-state index in [-0.39, 0.29) is 11.1 Å². The molecule has 0 saturated carbocycles. The Morgan fingerprint density at radius 2 is 1.95 bits per heavy atom. The van der Waals surface area contributed by atoms with Gasteiger partial charge in [-0.1, -0.05) is 0 Å². The number of nitrogens with zero attached hydrogens (tertiary/aromatic N) is 1. The van der Waals surface area contributed by atoms with E-state index in [1.165, 1.54) is 23.7 Å². The molecule has 2 nitrogen and oxygen atoms in total. The number of hydrogen-bond acceptors (Lipinski definition) is 2. The smallest absolute Gasteiger partial charge is 0.360 e. The summed E-state index contributed by atoms with van der Waals surface area (Å²) in [7, 11) is 0. The van der Waals surface area contributed by atoms with Crippen LogP contribution in [0.5, 0.6) is 0 Å². The maximum Gasteiger partial charge on any atom is 0.426 e. The summed E-state index contributed by atoms with van der Waals surface area (Å²) < 4.78 is 52.4. The van der Waals surface area contributed by atoms with Crippen LogP contribution < -0.4 is 0 Å². The number of rotatable bonds is 1. The lowest BCUT2D eigenvalue weighted by molar-refractivity contribution is -0.133. The molecular formula is C14H6F4N2S. The SMILES string of the molecule is N#Cc1cc2c(-c3ccsc3C(F)(F)F)c[nH]c2cc1F. The Balaban J connectivity index is 2.28. The van der Waals surface area contributed by atoms with Gasteiger partial charge in [-0.05, 0) is 23.6 Å². The molecule has 0 bridgehead atoms. The highest BCUT2D eigenvalue weighted by molar-refractivity contribution is 7.10. The summed E-state index contributed by atoms with van der Waals surface area (Å²) in [6.07, 6.45) is -3.06. The summed E-state index contributed by atoms with van der Waals surface area (Å²) in [5, 5.41) is 10.6. The molecule has 2 aromatic heterocycles. The molecule has 0 fully saturated rings. The van der Waals surface area contributed by atoms with Gasteiger partial charge in [0.25, 0.3) is 0 Å². The minimum Gasteiger partial charge on any atom is -0.360 e. The zero-order chi connectivity index (χ0) is 15.2. The van der Waals surface area contributed by atoms with Crippen molar-refractivity contribution in [2.75, 3.05) is 0 Å². The van der Waals surface area contributed by atoms with Crippen molar-refractivity contribution in [3.05, 3.63) is 46.0 Å². The third-order valence-corrected chi connectivity index (χ3v) is 4.06. The van der Waals surface area contributed by atoms with E-state index in [4.69, 9.17) is 5.26 Å². The fourth-order valence-electron chi connectivity index (χ4n) is 2.19. The number of nitriles is 1. The minimum atomic E-state index is -4.45. The number of alkyl halides is 3. The Kier molecular flexibility index (Phi) is 2.99. The van der Waals surface area contributed by atoms with Gasteiger partial charge in [-0.3, -0.25) is 0 Å². The van der Waals surface area contributed by atoms with Crippen molar-refractivity contribution in [3.63, 3.8) is 0 Å². The lowest BCUT2D eigenvalue weighted by Crippen LogP contribution is -2.03. The fraction of sp³-hybridized carbons (Fsp3) is 0.0714. The van der Waals surface area contributed by atoms with Crippen LogP contribution in [0.25, 0.3) is 22.0 Å². The van der Waals surface area contributed by atoms with Gasteiger partial charge in [-0.25, -0.2) is 4.39 Å². The first-order valence-electron chi connectivity index (χ1n) is 5.77. The van der Waals surface area contributed by atoms with Gasteiger partial charge in [-0.2, -0.15) is 18.4 Å². The molecule has 3 aromatic rings. The second-order valence-corrected chi connectivity index (χ2v) is 5.27. The minimum absolute atomic E-state index is 0.0225. The predicted octanol–water partition coefficient (Wildman–Crippen LogP) is 4.93. The maximum absolute atomic E-state index is 13.5. The molecule has 0 aliphatic rings. The summed E-state index contributed by atoms with van der Waals surface area (Å²) in [6, 6.07) is 5.42. The fourth-order valence-corrected chi connectivity index (χ4v) is 2.97. The average Bonchev–Trinajstić information content (AvgIpc) is 3.02. The summed E-state index contributed by atoms with van der Waals surface area (Å²) >= 11 is 0.598. The second kappa shape index (κ2) is 4.60. The van der Waals surface area contributed by atoms with E-state index in [0.29, 0.717) is 27.8 Å². The first-order chi connectivity index (χ1) is 9.91. The summed E-state index contributed by atoms with van der Waals surface area (Å²) in [5.41, 5.74) is 0.470. The highest BCUT2D eigenvalue weighted by atomic mass is 32.1. The molecule has 0 atom stereocenters. The number of nitrogens with one attached hydrogen (secondary N) is 1. The monoisotopic (exact) mass is 310 g/mol. The zero-order valence-electron chi connectivity index (χ0n) is 10.3. The molecule has 0 spiro atoms. The second-order valence-electron chi connectivity index (χ2n) is 4.35. The number of fused-ring (bicyclic) bond motifs is 1. The number of thiophene rings is 1. The number of aromatic amines is 1. The molecule has 0 saturated heterocycles. The molecule has 7 heteroatoms. The van der Waals surface area contributed by atoms with Crippen molar-refractivity contribution >= 4 is 22.2 Å². The van der Waals surface area contributed by atoms with E-state index in [0.717, 1.165) is 6.07 Å². The van der Waals surface area contributed by atoms with Crippen LogP contribution in [0, 0.1) is 17.1 Å². The van der Waals surface area contributed by atoms with Crippen molar-refractivity contribution in [2.45, 2.75) is 6.18 Å². The Hall–Kier alpha value is -2.33. The zero-order valence-corrected chi connectivity index (χ0v) is 11.1. The highest BCUT2D eigenvalue weighted by Crippen LogP contribution is 2.42. The molecule has 2 heterocycles. The first kappa shape index (κ1) is 13.6. The van der Waals surface area contributed by atoms with Gasteiger partial charge in [0.2, 0.25) is 0 Å². The highest BCUT2D eigenvalue weighted by Gasteiger charge is 2.35. The van der Waals surface area contributed by atoms with Gasteiger partial charge in [0.1, 0.15) is 16.8 Å². The van der Waals surface area contributed by atoms with Crippen LogP contribution >= 0.6 is 11.3 Å². The largest absolute Gasteiger partial charge is 0.426 e. The molecule has 0 unspecified atom stereocenters. The van der Waals surface area contributed by atoms with Crippen molar-refractivity contribution in [3.8, 4) is 17.2 Å². The van der Waals surface area contributed by atoms with E-state index in [1.807, 2.05) is 0 Å². The summed E-state index contributed by atoms with van der Waals surface area (Å²) in [5.74, 6) is -0.709. The molecule has 0 aliphatic heterocycles. The lowest BCUT2D eigenvalue weighted by atomic mass is 10.0. The number of aromatic nitrogens is 1. The van der Waals surface area contributed by atoms with Crippen LogP contribution in [0.15, 0.2) is 29.8 Å². The third kappa shape index (κ3) is 2.17. The molecule has 1 aromatic carbocycles. The Morgan fingerprint density at radius 3 is 2.62 bits per heavy atom. The number of hydrogen-bond donors (Lipinski definition) is 1. The van der Waals surface area contributed by atoms with E-state index >= 15 is 0 Å². The van der Waals surface area contributed by atoms with Crippen molar-refractivity contribution < 1.29 is 17.6 Å². The van der Waals surface area contributed by atoms with Crippen LogP contribution in [0.1, 0.15) is 10.4 Å². The van der Waals surface area contributed by atoms with Crippen LogP contribution in [0.3, 0.4) is 0 Å². The molecule has 0 aliphatic carbocycles. The quantitative estimate of drug-likeness (QED) is 0.636. The van der Waals surface area contributed by atoms with Crippen LogP contribution in [-0.2, 0) is 6.18 Å². The topological polar surface area (TPSA) is 39.6 Å². The van der Waals surface area contributed by atoms with Crippen LogP contribution in [-0.4, -0.2) is 4.98 Å². The Labute approximate surface area is 120 Å². The van der Waals surface area contributed by atoms with E-state index in [9.17, 15) is 17.6 Å². The Bertz CT molecular complexity index is 867. The van der Waals surface area contributed by atoms with E-state index in [1.54, 1.807) is 6.07 Å². The lowest BCUT2D eigenvalue weighted by Gasteiger charge is -2.07. The number of H-pyrrole nitrogens is 1. The van der Waals surface area contributed by atoms with Gasteiger partial charge in [0.05, 0.1) is 5.56 Å². The Morgan fingerprint density at radius 1 is 1.19 bits per heavy atom. The van der Waals surface area contributed by atoms with Crippen molar-refractivity contribution in [2.24, 2.45) is 0 Å². The molecular weight excluding hydrogens is 304 g/mol.